The van der Waals surface area contributed by atoms with Crippen LogP contribution in [0.15, 0.2) is 15.9 Å². The van der Waals surface area contributed by atoms with E-state index in [4.69, 9.17) is 5.73 Å². The van der Waals surface area contributed by atoms with Crippen molar-refractivity contribution in [3.8, 4) is 0 Å². The molecule has 0 fully saturated rings. The molecule has 1 rings (SSSR count). The van der Waals surface area contributed by atoms with Gasteiger partial charge in [0.2, 0.25) is 0 Å². The molecular formula is C10H18N2OS2. The van der Waals surface area contributed by atoms with Crippen LogP contribution >= 0.6 is 23.1 Å². The smallest absolute Gasteiger partial charge is 0.149 e. The summed E-state index contributed by atoms with van der Waals surface area (Å²) in [6, 6.07) is 0. The number of aliphatic hydroxyl groups is 1. The normalized spacial score (nSPS) is 15.1. The first-order valence-corrected chi connectivity index (χ1v) is 7.01. The van der Waals surface area contributed by atoms with Crippen molar-refractivity contribution in [3.05, 3.63) is 11.6 Å². The molecule has 0 saturated heterocycles. The molecule has 0 aromatic carbocycles. The third-order valence-electron chi connectivity index (χ3n) is 2.46. The molecule has 0 amide bonds. The van der Waals surface area contributed by atoms with E-state index < -0.39 is 5.60 Å². The van der Waals surface area contributed by atoms with E-state index in [1.165, 1.54) is 0 Å². The second kappa shape index (κ2) is 6.48. The van der Waals surface area contributed by atoms with E-state index in [9.17, 15) is 5.11 Å². The van der Waals surface area contributed by atoms with Crippen LogP contribution in [0, 0.1) is 0 Å². The molecule has 0 aliphatic carbocycles. The first-order chi connectivity index (χ1) is 7.20. The van der Waals surface area contributed by atoms with E-state index in [1.54, 1.807) is 23.1 Å². The molecule has 0 aliphatic heterocycles. The maximum Gasteiger partial charge on any atom is 0.149 e. The lowest BCUT2D eigenvalue weighted by Crippen LogP contribution is -2.36. The molecule has 3 nitrogen and oxygen atoms in total. The largest absolute Gasteiger partial charge is 0.389 e. The van der Waals surface area contributed by atoms with Gasteiger partial charge < -0.3 is 10.8 Å². The minimum absolute atomic E-state index is 0.353. The zero-order valence-electron chi connectivity index (χ0n) is 8.98. The van der Waals surface area contributed by atoms with Gasteiger partial charge >= 0.3 is 0 Å². The van der Waals surface area contributed by atoms with Gasteiger partial charge in [0.05, 0.1) is 5.60 Å². The van der Waals surface area contributed by atoms with E-state index >= 15 is 0 Å². The van der Waals surface area contributed by atoms with Crippen molar-refractivity contribution in [1.29, 1.82) is 0 Å². The summed E-state index contributed by atoms with van der Waals surface area (Å²) < 4.78 is 1.10. The summed E-state index contributed by atoms with van der Waals surface area (Å²) >= 11 is 3.40. The number of hydrogen-bond donors (Lipinski definition) is 2. The van der Waals surface area contributed by atoms with Crippen molar-refractivity contribution < 1.29 is 5.11 Å². The molecule has 1 aromatic heterocycles. The molecule has 1 aromatic rings. The molecule has 0 radical (unpaired) electrons. The third-order valence-corrected chi connectivity index (χ3v) is 4.51. The number of rotatable bonds is 7. The third kappa shape index (κ3) is 4.51. The SMILES string of the molecule is CCC(O)(CN)CCCSc1nccs1. The van der Waals surface area contributed by atoms with E-state index in [0.717, 1.165) is 29.4 Å². The predicted molar refractivity (Wildman–Crippen MR) is 66.4 cm³/mol. The van der Waals surface area contributed by atoms with Crippen LogP contribution in [0.5, 0.6) is 0 Å². The molecule has 1 unspecified atom stereocenters. The van der Waals surface area contributed by atoms with Gasteiger partial charge in [0, 0.05) is 23.9 Å². The summed E-state index contributed by atoms with van der Waals surface area (Å²) in [6.45, 7) is 2.33. The fourth-order valence-corrected chi connectivity index (χ4v) is 2.91. The quantitative estimate of drug-likeness (QED) is 0.571. The van der Waals surface area contributed by atoms with E-state index in [1.807, 2.05) is 18.5 Å². The van der Waals surface area contributed by atoms with E-state index in [2.05, 4.69) is 4.98 Å². The Hall–Kier alpha value is -0.100. The second-order valence-corrected chi connectivity index (χ2v) is 5.77. The minimum atomic E-state index is -0.663. The fourth-order valence-electron chi connectivity index (χ4n) is 1.27. The summed E-state index contributed by atoms with van der Waals surface area (Å²) in [6.07, 6.45) is 4.30. The monoisotopic (exact) mass is 246 g/mol. The lowest BCUT2D eigenvalue weighted by atomic mass is 9.95. The second-order valence-electron chi connectivity index (χ2n) is 3.53. The van der Waals surface area contributed by atoms with Crippen LogP contribution in [0.3, 0.4) is 0 Å². The van der Waals surface area contributed by atoms with Gasteiger partial charge in [-0.1, -0.05) is 18.7 Å². The highest BCUT2D eigenvalue weighted by Gasteiger charge is 2.21. The molecular weight excluding hydrogens is 228 g/mol. The Morgan fingerprint density at radius 3 is 3.00 bits per heavy atom. The lowest BCUT2D eigenvalue weighted by Gasteiger charge is -2.24. The Bertz CT molecular complexity index is 260. The highest BCUT2D eigenvalue weighted by Crippen LogP contribution is 2.23. The van der Waals surface area contributed by atoms with Crippen LogP contribution in [0.2, 0.25) is 0 Å². The van der Waals surface area contributed by atoms with Crippen molar-refractivity contribution in [2.45, 2.75) is 36.1 Å². The molecule has 3 N–H and O–H groups in total. The van der Waals surface area contributed by atoms with E-state index in [-0.39, 0.29) is 0 Å². The van der Waals surface area contributed by atoms with Gasteiger partial charge in [-0.2, -0.15) is 0 Å². The highest BCUT2D eigenvalue weighted by atomic mass is 32.2. The molecule has 1 atom stereocenters. The van der Waals surface area contributed by atoms with Crippen LogP contribution in [0.25, 0.3) is 0 Å². The van der Waals surface area contributed by atoms with Crippen molar-refractivity contribution in [2.24, 2.45) is 5.73 Å². The minimum Gasteiger partial charge on any atom is -0.389 e. The summed E-state index contributed by atoms with van der Waals surface area (Å²) in [5.41, 5.74) is 4.86. The fraction of sp³-hybridized carbons (Fsp3) is 0.700. The zero-order valence-corrected chi connectivity index (χ0v) is 10.6. The Labute approximate surface area is 99.1 Å². The molecule has 0 spiro atoms. The Morgan fingerprint density at radius 2 is 2.47 bits per heavy atom. The van der Waals surface area contributed by atoms with Crippen molar-refractivity contribution in [1.82, 2.24) is 4.98 Å². The maximum absolute atomic E-state index is 9.94. The first-order valence-electron chi connectivity index (χ1n) is 5.15. The summed E-state index contributed by atoms with van der Waals surface area (Å²) in [5.74, 6) is 0.996. The highest BCUT2D eigenvalue weighted by molar-refractivity contribution is 8.00. The number of hydrogen-bond acceptors (Lipinski definition) is 5. The molecule has 1 heterocycles. The number of thioether (sulfide) groups is 1. The van der Waals surface area contributed by atoms with Gasteiger partial charge in [-0.15, -0.1) is 11.3 Å². The number of nitrogens with two attached hydrogens (primary N) is 1. The average Bonchev–Trinajstić information content (AvgIpc) is 2.77. The van der Waals surface area contributed by atoms with Crippen LogP contribution < -0.4 is 5.73 Å². The number of nitrogens with zero attached hydrogens (tertiary/aromatic N) is 1. The Morgan fingerprint density at radius 1 is 1.67 bits per heavy atom. The molecule has 0 aliphatic rings. The van der Waals surface area contributed by atoms with Crippen molar-refractivity contribution in [3.63, 3.8) is 0 Å². The summed E-state index contributed by atoms with van der Waals surface area (Å²) in [5, 5.41) is 11.9. The molecule has 5 heteroatoms. The average molecular weight is 246 g/mol. The lowest BCUT2D eigenvalue weighted by molar-refractivity contribution is 0.0360. The van der Waals surface area contributed by atoms with Crippen LogP contribution in [-0.4, -0.2) is 28.0 Å². The standard InChI is InChI=1S/C10H18N2OS2/c1-2-10(13,8-11)4-3-6-14-9-12-5-7-15-9/h5,7,13H,2-4,6,8,11H2,1H3. The van der Waals surface area contributed by atoms with Crippen molar-refractivity contribution in [2.75, 3.05) is 12.3 Å². The van der Waals surface area contributed by atoms with Gasteiger partial charge in [-0.05, 0) is 19.3 Å². The summed E-state index contributed by atoms with van der Waals surface area (Å²) in [7, 11) is 0. The van der Waals surface area contributed by atoms with Crippen LogP contribution in [0.4, 0.5) is 0 Å². The van der Waals surface area contributed by atoms with Gasteiger partial charge in [0.1, 0.15) is 4.34 Å². The van der Waals surface area contributed by atoms with Gasteiger partial charge in [0.15, 0.2) is 0 Å². The van der Waals surface area contributed by atoms with Gasteiger partial charge in [-0.25, -0.2) is 4.98 Å². The first kappa shape index (κ1) is 13.0. The Balaban J connectivity index is 2.16. The molecule has 0 bridgehead atoms. The zero-order chi connectivity index (χ0) is 11.1. The van der Waals surface area contributed by atoms with E-state index in [0.29, 0.717) is 6.54 Å². The van der Waals surface area contributed by atoms with Gasteiger partial charge in [-0.3, -0.25) is 0 Å². The topological polar surface area (TPSA) is 59.1 Å². The molecule has 0 saturated carbocycles. The van der Waals surface area contributed by atoms with Crippen LogP contribution in [-0.2, 0) is 0 Å². The number of aromatic nitrogens is 1. The predicted octanol–water partition coefficient (Wildman–Crippen LogP) is 2.12. The van der Waals surface area contributed by atoms with Crippen molar-refractivity contribution >= 4 is 23.1 Å². The summed E-state index contributed by atoms with van der Waals surface area (Å²) in [4.78, 5) is 4.18. The number of thiazole rings is 1. The molecule has 15 heavy (non-hydrogen) atoms. The Kier molecular flexibility index (Phi) is 5.60. The van der Waals surface area contributed by atoms with Crippen LogP contribution in [0.1, 0.15) is 26.2 Å². The maximum atomic E-state index is 9.94. The van der Waals surface area contributed by atoms with Gasteiger partial charge in [0.25, 0.3) is 0 Å². The molecule has 86 valence electrons.